The number of halogens is 2. The van der Waals surface area contributed by atoms with E-state index in [1.807, 2.05) is 48.5 Å². The summed E-state index contributed by atoms with van der Waals surface area (Å²) in [6, 6.07) is 22.5. The van der Waals surface area contributed by atoms with E-state index in [9.17, 15) is 14.8 Å². The molecule has 2 aromatic carbocycles. The van der Waals surface area contributed by atoms with Crippen LogP contribution in [0.3, 0.4) is 0 Å². The molecule has 0 aliphatic heterocycles. The van der Waals surface area contributed by atoms with Crippen LogP contribution < -0.4 is 15.8 Å². The molecule has 196 valence electrons. The van der Waals surface area contributed by atoms with Gasteiger partial charge >= 0.3 is 0 Å². The van der Waals surface area contributed by atoms with Gasteiger partial charge in [-0.25, -0.2) is 4.68 Å². The number of nitrogens with zero attached hydrogens (tertiary/aromatic N) is 3. The second-order valence-corrected chi connectivity index (χ2v) is 10.6. The number of carbonyl (C=O) groups is 2. The summed E-state index contributed by atoms with van der Waals surface area (Å²) in [5.41, 5.74) is 9.09. The van der Waals surface area contributed by atoms with Crippen LogP contribution in [0, 0.1) is 0 Å². The Bertz CT molecular complexity index is 1670. The lowest BCUT2D eigenvalue weighted by atomic mass is 10.1. The zero-order valence-electron chi connectivity index (χ0n) is 20.3. The fourth-order valence-corrected chi connectivity index (χ4v) is 5.23. The van der Waals surface area contributed by atoms with Crippen molar-refractivity contribution in [3.63, 3.8) is 0 Å². The second-order valence-electron chi connectivity index (χ2n) is 8.68. The van der Waals surface area contributed by atoms with Crippen molar-refractivity contribution in [2.24, 2.45) is 5.73 Å². The van der Waals surface area contributed by atoms with Gasteiger partial charge in [0, 0.05) is 17.2 Å². The maximum absolute atomic E-state index is 13.1. The van der Waals surface area contributed by atoms with E-state index in [0.29, 0.717) is 37.6 Å². The maximum atomic E-state index is 13.1. The summed E-state index contributed by atoms with van der Waals surface area (Å²) in [7, 11) is 0. The van der Waals surface area contributed by atoms with Crippen molar-refractivity contribution in [2.45, 2.75) is 12.5 Å². The number of amides is 2. The van der Waals surface area contributed by atoms with E-state index in [1.54, 1.807) is 35.0 Å². The normalized spacial score (nSPS) is 11.7. The first-order valence-corrected chi connectivity index (χ1v) is 13.4. The zero-order valence-corrected chi connectivity index (χ0v) is 22.6. The molecule has 0 aliphatic rings. The van der Waals surface area contributed by atoms with Crippen LogP contribution in [0.25, 0.3) is 27.5 Å². The van der Waals surface area contributed by atoms with Crippen LogP contribution in [0.1, 0.15) is 15.2 Å². The van der Waals surface area contributed by atoms with Crippen molar-refractivity contribution in [3.05, 3.63) is 112 Å². The molecule has 3 aromatic heterocycles. The molecule has 0 saturated heterocycles. The molecule has 0 fully saturated rings. The summed E-state index contributed by atoms with van der Waals surface area (Å²) >= 11 is 13.7. The van der Waals surface area contributed by atoms with E-state index >= 15 is 0 Å². The largest absolute Gasteiger partial charge is 0.368 e. The topological polar surface area (TPSA) is 114 Å². The number of hydrogen-bond donors (Lipinski definition) is 3. The molecule has 4 N–H and O–H groups in total. The van der Waals surface area contributed by atoms with Crippen molar-refractivity contribution in [2.75, 3.05) is 0 Å². The van der Waals surface area contributed by atoms with Crippen molar-refractivity contribution >= 4 is 46.4 Å². The molecule has 0 bridgehead atoms. The molecule has 2 amide bonds. The van der Waals surface area contributed by atoms with E-state index in [-0.39, 0.29) is 6.42 Å². The van der Waals surface area contributed by atoms with Gasteiger partial charge in [0.25, 0.3) is 5.91 Å². The van der Waals surface area contributed by atoms with Gasteiger partial charge in [-0.3, -0.25) is 14.8 Å². The fraction of sp³-hybridized carbons (Fsp3) is 0.0714. The zero-order chi connectivity index (χ0) is 27.5. The minimum Gasteiger partial charge on any atom is -0.368 e. The average Bonchev–Trinajstić information content (AvgIpc) is 3.58. The van der Waals surface area contributed by atoms with Gasteiger partial charge in [-0.05, 0) is 48.0 Å². The highest BCUT2D eigenvalue weighted by molar-refractivity contribution is 7.17. The molecule has 0 radical (unpaired) electrons. The molecule has 0 saturated carbocycles. The molecule has 5 rings (SSSR count). The summed E-state index contributed by atoms with van der Waals surface area (Å²) in [4.78, 5) is 26.3. The molecule has 8 nitrogen and oxygen atoms in total. The van der Waals surface area contributed by atoms with Crippen LogP contribution in [-0.4, -0.2) is 32.8 Å². The molecule has 1 atom stereocenters. The van der Waals surface area contributed by atoms with Gasteiger partial charge in [0.2, 0.25) is 18.3 Å². The molecule has 0 unspecified atom stereocenters. The average molecular weight is 579 g/mol. The van der Waals surface area contributed by atoms with E-state index in [1.165, 1.54) is 23.7 Å². The lowest BCUT2D eigenvalue weighted by Crippen LogP contribution is -2.45. The number of nitrogens with two attached hydrogens (primary N) is 1. The lowest BCUT2D eigenvalue weighted by molar-refractivity contribution is -0.904. The third kappa shape index (κ3) is 5.96. The van der Waals surface area contributed by atoms with Gasteiger partial charge in [-0.15, -0.1) is 11.3 Å². The molecule has 0 spiro atoms. The van der Waals surface area contributed by atoms with E-state index in [0.717, 1.165) is 15.2 Å². The monoisotopic (exact) mass is 578 g/mol. The van der Waals surface area contributed by atoms with Crippen LogP contribution in [0.15, 0.2) is 91.3 Å². The molecular weight excluding hydrogens is 557 g/mol. The van der Waals surface area contributed by atoms with Crippen LogP contribution in [0.5, 0.6) is 0 Å². The lowest BCUT2D eigenvalue weighted by Gasteiger charge is -2.15. The molecule has 39 heavy (non-hydrogen) atoms. The van der Waals surface area contributed by atoms with E-state index in [2.05, 4.69) is 5.32 Å². The smallest absolute Gasteiger partial charge is 0.262 e. The quantitative estimate of drug-likeness (QED) is 0.179. The number of rotatable bonds is 8. The van der Waals surface area contributed by atoms with Gasteiger partial charge in [0.1, 0.15) is 6.04 Å². The number of pyridine rings is 1. The number of hydrogen-bond acceptors (Lipinski definition) is 5. The third-order valence-electron chi connectivity index (χ3n) is 5.95. The van der Waals surface area contributed by atoms with Crippen molar-refractivity contribution < 1.29 is 19.5 Å². The fourth-order valence-electron chi connectivity index (χ4n) is 4.03. The first kappa shape index (κ1) is 26.4. The molecule has 3 heterocycles. The second kappa shape index (κ2) is 11.3. The van der Waals surface area contributed by atoms with Gasteiger partial charge in [-0.2, -0.15) is 5.10 Å². The molecule has 0 aliphatic carbocycles. The number of primary amides is 1. The third-order valence-corrected chi connectivity index (χ3v) is 7.80. The first-order chi connectivity index (χ1) is 18.8. The Kier molecular flexibility index (Phi) is 7.65. The van der Waals surface area contributed by atoms with E-state index < -0.39 is 17.9 Å². The Labute approximate surface area is 237 Å². The summed E-state index contributed by atoms with van der Waals surface area (Å²) in [5, 5.41) is 18.2. The van der Waals surface area contributed by atoms with Crippen LogP contribution in [-0.2, 0) is 11.2 Å². The van der Waals surface area contributed by atoms with Gasteiger partial charge < -0.3 is 11.1 Å². The van der Waals surface area contributed by atoms with Gasteiger partial charge in [-0.1, -0.05) is 53.5 Å². The molecule has 11 heteroatoms. The predicted octanol–water partition coefficient (Wildman–Crippen LogP) is 4.93. The highest BCUT2D eigenvalue weighted by Crippen LogP contribution is 2.34. The Morgan fingerprint density at radius 1 is 1.03 bits per heavy atom. The highest BCUT2D eigenvalue weighted by Gasteiger charge is 2.22. The summed E-state index contributed by atoms with van der Waals surface area (Å²) in [6.07, 6.45) is 3.33. The Balaban J connectivity index is 1.48. The minimum absolute atomic E-state index is 0.287. The van der Waals surface area contributed by atoms with Gasteiger partial charge in [0.05, 0.1) is 42.4 Å². The Morgan fingerprint density at radius 2 is 1.82 bits per heavy atom. The van der Waals surface area contributed by atoms with Crippen molar-refractivity contribution in [1.29, 1.82) is 0 Å². The maximum Gasteiger partial charge on any atom is 0.262 e. The van der Waals surface area contributed by atoms with Crippen molar-refractivity contribution in [3.8, 4) is 27.5 Å². The predicted molar refractivity (Wildman–Crippen MR) is 150 cm³/mol. The summed E-state index contributed by atoms with van der Waals surface area (Å²) in [6.45, 7) is 0. The number of aromatic nitrogens is 3. The van der Waals surface area contributed by atoms with Gasteiger partial charge in [0.15, 0.2) is 0 Å². The summed E-state index contributed by atoms with van der Waals surface area (Å²) in [5.74, 6) is -1.02. The number of nitrogens with one attached hydrogen (secondary N) is 1. The first-order valence-electron chi connectivity index (χ1n) is 11.8. The molecule has 5 aromatic rings. The minimum atomic E-state index is -0.859. The van der Waals surface area contributed by atoms with E-state index in [4.69, 9.17) is 34.0 Å². The van der Waals surface area contributed by atoms with Crippen molar-refractivity contribution in [1.82, 2.24) is 15.1 Å². The SMILES string of the molecule is NC(=O)[C@@H](Cc1ccccc1)NC(=O)c1ccc(-c2cc(-c3ccc[n+](O)c3)nn2-c2ccc(Cl)c(Cl)c2)s1. The van der Waals surface area contributed by atoms with Crippen LogP contribution >= 0.6 is 34.5 Å². The number of benzene rings is 2. The molecular formula is C28H22Cl2N5O3S+. The number of thiophene rings is 1. The summed E-state index contributed by atoms with van der Waals surface area (Å²) < 4.78 is 2.65. The van der Waals surface area contributed by atoms with Crippen LogP contribution in [0.4, 0.5) is 0 Å². The standard InChI is InChI=1S/C28H21Cl2N5O3S/c29-20-9-8-19(14-21(20)30)35-24(15-22(33-35)18-7-4-12-34(38)16-18)25-10-11-26(39-25)28(37)32-23(27(31)36)13-17-5-2-1-3-6-17/h1-12,14-16,23H,13H2,(H3-,31,32,36,37,38)/p+1/t23-/m1/s1. The Morgan fingerprint density at radius 3 is 2.54 bits per heavy atom. The highest BCUT2D eigenvalue weighted by atomic mass is 35.5. The Hall–Kier alpha value is -4.18. The van der Waals surface area contributed by atoms with Crippen LogP contribution in [0.2, 0.25) is 10.0 Å². The number of carbonyl (C=O) groups excluding carboxylic acids is 2.